The van der Waals surface area contributed by atoms with Crippen LogP contribution in [0.3, 0.4) is 0 Å². The minimum Gasteiger partial charge on any atom is -0.324 e. The molecular weight excluding hydrogens is 334 g/mol. The molecule has 25 heavy (non-hydrogen) atoms. The zero-order valence-electron chi connectivity index (χ0n) is 13.9. The fourth-order valence-corrected chi connectivity index (χ4v) is 3.24. The summed E-state index contributed by atoms with van der Waals surface area (Å²) in [7, 11) is 0. The topological polar surface area (TPSA) is 72.7 Å². The van der Waals surface area contributed by atoms with Crippen LogP contribution in [0.1, 0.15) is 18.3 Å². The average molecular weight is 353 g/mol. The third kappa shape index (κ3) is 4.67. The van der Waals surface area contributed by atoms with Crippen molar-refractivity contribution in [3.8, 4) is 0 Å². The molecule has 0 radical (unpaired) electrons. The van der Waals surface area contributed by atoms with Gasteiger partial charge in [-0.25, -0.2) is 0 Å². The van der Waals surface area contributed by atoms with Gasteiger partial charge in [0.25, 0.3) is 0 Å². The number of pyridine rings is 1. The van der Waals surface area contributed by atoms with Crippen molar-refractivity contribution in [2.45, 2.75) is 25.0 Å². The number of hydrogen-bond acceptors (Lipinski definition) is 5. The van der Waals surface area contributed by atoms with E-state index < -0.39 is 0 Å². The molecule has 0 saturated heterocycles. The zero-order chi connectivity index (χ0) is 17.5. The Morgan fingerprint density at radius 1 is 1.16 bits per heavy atom. The van der Waals surface area contributed by atoms with Gasteiger partial charge in [0.05, 0.1) is 17.6 Å². The summed E-state index contributed by atoms with van der Waals surface area (Å²) in [6.07, 6.45) is 4.02. The maximum atomic E-state index is 12.1. The SMILES string of the molecule is CCn1c(Cc2ccccc2)nnc1SCC(=O)Nc1cccnc1. The van der Waals surface area contributed by atoms with Gasteiger partial charge in [-0.3, -0.25) is 9.78 Å². The molecule has 2 aromatic heterocycles. The monoisotopic (exact) mass is 353 g/mol. The minimum absolute atomic E-state index is 0.0896. The molecule has 3 rings (SSSR count). The van der Waals surface area contributed by atoms with Crippen molar-refractivity contribution in [1.82, 2.24) is 19.7 Å². The number of nitrogens with one attached hydrogen (secondary N) is 1. The first-order chi connectivity index (χ1) is 12.3. The van der Waals surface area contributed by atoms with Gasteiger partial charge in [-0.15, -0.1) is 10.2 Å². The van der Waals surface area contributed by atoms with Crippen LogP contribution in [0.5, 0.6) is 0 Å². The van der Waals surface area contributed by atoms with E-state index in [9.17, 15) is 4.79 Å². The van der Waals surface area contributed by atoms with E-state index in [1.807, 2.05) is 24.3 Å². The largest absolute Gasteiger partial charge is 0.324 e. The highest BCUT2D eigenvalue weighted by molar-refractivity contribution is 7.99. The summed E-state index contributed by atoms with van der Waals surface area (Å²) in [6, 6.07) is 13.8. The maximum absolute atomic E-state index is 12.1. The van der Waals surface area contributed by atoms with Crippen molar-refractivity contribution in [2.24, 2.45) is 0 Å². The number of amides is 1. The Kier molecular flexibility index (Phi) is 5.79. The van der Waals surface area contributed by atoms with Crippen LogP contribution in [0.25, 0.3) is 0 Å². The normalized spacial score (nSPS) is 10.6. The second-order valence-corrected chi connectivity index (χ2v) is 6.33. The van der Waals surface area contributed by atoms with Gasteiger partial charge in [0.2, 0.25) is 5.91 Å². The fourth-order valence-electron chi connectivity index (χ4n) is 2.42. The van der Waals surface area contributed by atoms with E-state index in [1.165, 1.54) is 17.3 Å². The average Bonchev–Trinajstić information content (AvgIpc) is 3.03. The molecule has 0 saturated carbocycles. The minimum atomic E-state index is -0.0896. The number of thioether (sulfide) groups is 1. The lowest BCUT2D eigenvalue weighted by Gasteiger charge is -2.08. The first-order valence-electron chi connectivity index (χ1n) is 8.05. The third-order valence-corrected chi connectivity index (χ3v) is 4.56. The van der Waals surface area contributed by atoms with Crippen LogP contribution in [0.4, 0.5) is 5.69 Å². The van der Waals surface area contributed by atoms with Crippen LogP contribution in [-0.4, -0.2) is 31.4 Å². The summed E-state index contributed by atoms with van der Waals surface area (Å²) >= 11 is 1.39. The summed E-state index contributed by atoms with van der Waals surface area (Å²) in [6.45, 7) is 2.82. The van der Waals surface area contributed by atoms with Crippen molar-refractivity contribution in [1.29, 1.82) is 0 Å². The molecule has 7 heteroatoms. The molecule has 0 spiro atoms. The first kappa shape index (κ1) is 17.2. The number of benzene rings is 1. The lowest BCUT2D eigenvalue weighted by Crippen LogP contribution is -2.14. The second kappa shape index (κ2) is 8.43. The van der Waals surface area contributed by atoms with E-state index in [1.54, 1.807) is 18.5 Å². The van der Waals surface area contributed by atoms with Gasteiger partial charge in [-0.05, 0) is 24.6 Å². The molecular formula is C18H19N5OS. The second-order valence-electron chi connectivity index (χ2n) is 5.38. The summed E-state index contributed by atoms with van der Waals surface area (Å²) in [5, 5.41) is 12.1. The van der Waals surface area contributed by atoms with E-state index in [0.29, 0.717) is 5.69 Å². The van der Waals surface area contributed by atoms with Gasteiger partial charge in [0, 0.05) is 19.2 Å². The molecule has 0 atom stereocenters. The number of aromatic nitrogens is 4. The predicted octanol–water partition coefficient (Wildman–Crippen LogP) is 3.01. The number of hydrogen-bond donors (Lipinski definition) is 1. The molecule has 0 aliphatic rings. The molecule has 3 aromatic rings. The summed E-state index contributed by atoms with van der Waals surface area (Å²) in [4.78, 5) is 16.0. The Morgan fingerprint density at radius 3 is 2.72 bits per heavy atom. The van der Waals surface area contributed by atoms with E-state index >= 15 is 0 Å². The summed E-state index contributed by atoms with van der Waals surface area (Å²) < 4.78 is 2.05. The molecule has 128 valence electrons. The molecule has 0 aliphatic carbocycles. The van der Waals surface area contributed by atoms with E-state index in [4.69, 9.17) is 0 Å². The maximum Gasteiger partial charge on any atom is 0.234 e. The Bertz CT molecular complexity index is 820. The van der Waals surface area contributed by atoms with Crippen LogP contribution in [0.2, 0.25) is 0 Å². The van der Waals surface area contributed by atoms with Gasteiger partial charge < -0.3 is 9.88 Å². The number of nitrogens with zero attached hydrogens (tertiary/aromatic N) is 4. The fraction of sp³-hybridized carbons (Fsp3) is 0.222. The van der Waals surface area contributed by atoms with Gasteiger partial charge >= 0.3 is 0 Å². The van der Waals surface area contributed by atoms with Gasteiger partial charge in [0.15, 0.2) is 5.16 Å². The van der Waals surface area contributed by atoms with Crippen molar-refractivity contribution in [2.75, 3.05) is 11.1 Å². The zero-order valence-corrected chi connectivity index (χ0v) is 14.7. The third-order valence-electron chi connectivity index (χ3n) is 3.59. The van der Waals surface area contributed by atoms with Gasteiger partial charge in [-0.2, -0.15) is 0 Å². The summed E-state index contributed by atoms with van der Waals surface area (Å²) in [5.74, 6) is 1.09. The highest BCUT2D eigenvalue weighted by Gasteiger charge is 2.13. The van der Waals surface area contributed by atoms with E-state index in [0.717, 1.165) is 23.9 Å². The number of rotatable bonds is 7. The Balaban J connectivity index is 1.62. The van der Waals surface area contributed by atoms with E-state index in [-0.39, 0.29) is 11.7 Å². The standard InChI is InChI=1S/C18H19N5OS/c1-2-23-16(11-14-7-4-3-5-8-14)21-22-18(23)25-13-17(24)20-15-9-6-10-19-12-15/h3-10,12H,2,11,13H2,1H3,(H,20,24). The molecule has 6 nitrogen and oxygen atoms in total. The first-order valence-corrected chi connectivity index (χ1v) is 9.03. The molecule has 0 fully saturated rings. The van der Waals surface area contributed by atoms with Gasteiger partial charge in [-0.1, -0.05) is 42.1 Å². The smallest absolute Gasteiger partial charge is 0.234 e. The van der Waals surface area contributed by atoms with Crippen molar-refractivity contribution in [3.05, 3.63) is 66.2 Å². The molecule has 0 aliphatic heterocycles. The summed E-state index contributed by atoms with van der Waals surface area (Å²) in [5.41, 5.74) is 1.88. The number of carbonyl (C=O) groups excluding carboxylic acids is 1. The van der Waals surface area contributed by atoms with Crippen LogP contribution in [-0.2, 0) is 17.8 Å². The van der Waals surface area contributed by atoms with Crippen LogP contribution in [0, 0.1) is 0 Å². The molecule has 0 unspecified atom stereocenters. The lowest BCUT2D eigenvalue weighted by molar-refractivity contribution is -0.113. The molecule has 1 amide bonds. The highest BCUT2D eigenvalue weighted by Crippen LogP contribution is 2.19. The van der Waals surface area contributed by atoms with Crippen LogP contribution in [0.15, 0.2) is 60.0 Å². The van der Waals surface area contributed by atoms with Crippen LogP contribution < -0.4 is 5.32 Å². The Hall–Kier alpha value is -2.67. The van der Waals surface area contributed by atoms with Crippen molar-refractivity contribution >= 4 is 23.4 Å². The molecule has 1 aromatic carbocycles. The van der Waals surface area contributed by atoms with E-state index in [2.05, 4.69) is 44.1 Å². The Morgan fingerprint density at radius 2 is 2.00 bits per heavy atom. The number of carbonyl (C=O) groups is 1. The predicted molar refractivity (Wildman–Crippen MR) is 98.5 cm³/mol. The van der Waals surface area contributed by atoms with Crippen LogP contribution >= 0.6 is 11.8 Å². The number of anilines is 1. The van der Waals surface area contributed by atoms with Crippen molar-refractivity contribution < 1.29 is 4.79 Å². The van der Waals surface area contributed by atoms with Crippen molar-refractivity contribution in [3.63, 3.8) is 0 Å². The molecule has 0 bridgehead atoms. The molecule has 2 heterocycles. The highest BCUT2D eigenvalue weighted by atomic mass is 32.2. The lowest BCUT2D eigenvalue weighted by atomic mass is 10.1. The molecule has 1 N–H and O–H groups in total. The Labute approximate surface area is 150 Å². The van der Waals surface area contributed by atoms with Gasteiger partial charge in [0.1, 0.15) is 5.82 Å². The quantitative estimate of drug-likeness (QED) is 0.661.